The number of rotatable bonds is 5. The van der Waals surface area contributed by atoms with Crippen molar-refractivity contribution in [3.8, 4) is 28.5 Å². The van der Waals surface area contributed by atoms with Gasteiger partial charge in [0.25, 0.3) is 0 Å². The van der Waals surface area contributed by atoms with Gasteiger partial charge >= 0.3 is 0 Å². The van der Waals surface area contributed by atoms with E-state index in [1.54, 1.807) is 27.5 Å². The van der Waals surface area contributed by atoms with Crippen LogP contribution in [-0.2, 0) is 6.54 Å². The van der Waals surface area contributed by atoms with Crippen LogP contribution in [0.4, 0.5) is 0 Å². The van der Waals surface area contributed by atoms with Crippen LogP contribution in [0.25, 0.3) is 11.3 Å². The van der Waals surface area contributed by atoms with Gasteiger partial charge in [0.15, 0.2) is 11.5 Å². The molecule has 0 saturated carbocycles. The van der Waals surface area contributed by atoms with Crippen molar-refractivity contribution in [2.75, 3.05) is 21.3 Å². The fourth-order valence-corrected chi connectivity index (χ4v) is 1.99. The number of hydrogen-bond donors (Lipinski definition) is 1. The number of methoxy groups -OCH3 is 3. The molecule has 1 aromatic carbocycles. The lowest BCUT2D eigenvalue weighted by Gasteiger charge is -2.14. The van der Waals surface area contributed by atoms with E-state index in [1.165, 1.54) is 0 Å². The van der Waals surface area contributed by atoms with Crippen LogP contribution in [0.3, 0.4) is 0 Å². The maximum absolute atomic E-state index is 5.66. The molecule has 20 heavy (non-hydrogen) atoms. The second-order valence-corrected chi connectivity index (χ2v) is 4.17. The molecular weight excluding hydrogens is 256 g/mol. The Hall–Kier alpha value is -2.27. The summed E-state index contributed by atoms with van der Waals surface area (Å²) >= 11 is 0. The van der Waals surface area contributed by atoms with Crippen LogP contribution < -0.4 is 19.9 Å². The van der Waals surface area contributed by atoms with Crippen LogP contribution >= 0.6 is 0 Å². The summed E-state index contributed by atoms with van der Waals surface area (Å²) in [7, 11) is 4.75. The molecule has 0 aliphatic carbocycles. The highest BCUT2D eigenvalue weighted by atomic mass is 16.5. The van der Waals surface area contributed by atoms with Crippen LogP contribution in [0.15, 0.2) is 30.5 Å². The lowest BCUT2D eigenvalue weighted by molar-refractivity contribution is 0.324. The van der Waals surface area contributed by atoms with Crippen molar-refractivity contribution >= 4 is 0 Å². The third kappa shape index (κ3) is 2.67. The maximum atomic E-state index is 5.66. The van der Waals surface area contributed by atoms with Crippen molar-refractivity contribution in [1.82, 2.24) is 4.98 Å². The number of ether oxygens (including phenoxy) is 3. The van der Waals surface area contributed by atoms with Crippen molar-refractivity contribution in [3.05, 3.63) is 36.0 Å². The number of nitrogens with zero attached hydrogens (tertiary/aromatic N) is 1. The molecule has 0 fully saturated rings. The van der Waals surface area contributed by atoms with Gasteiger partial charge in [-0.25, -0.2) is 0 Å². The zero-order valence-electron chi connectivity index (χ0n) is 11.8. The van der Waals surface area contributed by atoms with Crippen molar-refractivity contribution in [2.45, 2.75) is 6.54 Å². The average molecular weight is 274 g/mol. The molecule has 2 rings (SSSR count). The molecule has 0 aliphatic heterocycles. The number of pyridine rings is 1. The summed E-state index contributed by atoms with van der Waals surface area (Å²) in [4.78, 5) is 4.36. The number of aromatic nitrogens is 1. The first kappa shape index (κ1) is 14.1. The lowest BCUT2D eigenvalue weighted by atomic mass is 10.1. The fourth-order valence-electron chi connectivity index (χ4n) is 1.99. The maximum Gasteiger partial charge on any atom is 0.203 e. The third-order valence-corrected chi connectivity index (χ3v) is 3.02. The van der Waals surface area contributed by atoms with E-state index < -0.39 is 0 Å². The first-order chi connectivity index (χ1) is 9.73. The SMILES string of the molecule is COc1cc(-c2cc(CN)ccn2)cc(OC)c1OC. The molecule has 0 atom stereocenters. The van der Waals surface area contributed by atoms with Gasteiger partial charge < -0.3 is 19.9 Å². The predicted octanol–water partition coefficient (Wildman–Crippen LogP) is 2.23. The van der Waals surface area contributed by atoms with Crippen LogP contribution in [0.5, 0.6) is 17.2 Å². The van der Waals surface area contributed by atoms with Gasteiger partial charge in [0.2, 0.25) is 5.75 Å². The summed E-state index contributed by atoms with van der Waals surface area (Å²) in [5, 5.41) is 0. The largest absolute Gasteiger partial charge is 0.493 e. The van der Waals surface area contributed by atoms with Gasteiger partial charge in [0, 0.05) is 18.3 Å². The lowest BCUT2D eigenvalue weighted by Crippen LogP contribution is -1.98. The Morgan fingerprint density at radius 3 is 2.15 bits per heavy atom. The first-order valence-corrected chi connectivity index (χ1v) is 6.18. The molecule has 5 heteroatoms. The van der Waals surface area contributed by atoms with Gasteiger partial charge in [0.1, 0.15) is 0 Å². The zero-order chi connectivity index (χ0) is 14.5. The molecule has 5 nitrogen and oxygen atoms in total. The summed E-state index contributed by atoms with van der Waals surface area (Å²) in [6.07, 6.45) is 1.74. The molecule has 0 radical (unpaired) electrons. The topological polar surface area (TPSA) is 66.6 Å². The highest BCUT2D eigenvalue weighted by molar-refractivity contribution is 5.69. The summed E-state index contributed by atoms with van der Waals surface area (Å²) in [5.41, 5.74) is 8.37. The van der Waals surface area contributed by atoms with Crippen LogP contribution in [-0.4, -0.2) is 26.3 Å². The van der Waals surface area contributed by atoms with Gasteiger partial charge in [-0.05, 0) is 29.8 Å². The molecule has 106 valence electrons. The van der Waals surface area contributed by atoms with Gasteiger partial charge in [-0.1, -0.05) is 0 Å². The Morgan fingerprint density at radius 1 is 1.00 bits per heavy atom. The fraction of sp³-hybridized carbons (Fsp3) is 0.267. The Kier molecular flexibility index (Phi) is 4.42. The summed E-state index contributed by atoms with van der Waals surface area (Å²) in [5.74, 6) is 1.76. The summed E-state index contributed by atoms with van der Waals surface area (Å²) in [6, 6.07) is 7.57. The van der Waals surface area contributed by atoms with Crippen molar-refractivity contribution in [1.29, 1.82) is 0 Å². The Balaban J connectivity index is 2.56. The zero-order valence-corrected chi connectivity index (χ0v) is 11.8. The second-order valence-electron chi connectivity index (χ2n) is 4.17. The van der Waals surface area contributed by atoms with Crippen LogP contribution in [0, 0.1) is 0 Å². The minimum absolute atomic E-state index is 0.472. The van der Waals surface area contributed by atoms with Gasteiger partial charge in [-0.15, -0.1) is 0 Å². The van der Waals surface area contributed by atoms with Crippen LogP contribution in [0.2, 0.25) is 0 Å². The minimum atomic E-state index is 0.472. The molecule has 2 N–H and O–H groups in total. The highest BCUT2D eigenvalue weighted by Crippen LogP contribution is 2.40. The summed E-state index contributed by atoms with van der Waals surface area (Å²) in [6.45, 7) is 0.472. The van der Waals surface area contributed by atoms with Crippen molar-refractivity contribution in [2.24, 2.45) is 5.73 Å². The van der Waals surface area contributed by atoms with Crippen LogP contribution in [0.1, 0.15) is 5.56 Å². The number of hydrogen-bond acceptors (Lipinski definition) is 5. The molecule has 0 saturated heterocycles. The molecular formula is C15H18N2O3. The summed E-state index contributed by atoms with van der Waals surface area (Å²) < 4.78 is 16.0. The third-order valence-electron chi connectivity index (χ3n) is 3.02. The van der Waals surface area contributed by atoms with Crippen molar-refractivity contribution in [3.63, 3.8) is 0 Å². The molecule has 1 aromatic heterocycles. The average Bonchev–Trinajstić information content (AvgIpc) is 2.53. The molecule has 2 aromatic rings. The molecule has 0 aliphatic rings. The highest BCUT2D eigenvalue weighted by Gasteiger charge is 2.14. The van der Waals surface area contributed by atoms with E-state index in [0.717, 1.165) is 16.8 Å². The van der Waals surface area contributed by atoms with E-state index in [-0.39, 0.29) is 0 Å². The molecule has 0 bridgehead atoms. The number of nitrogens with two attached hydrogens (primary N) is 1. The molecule has 0 amide bonds. The van der Waals surface area contributed by atoms with Gasteiger partial charge in [0.05, 0.1) is 27.0 Å². The number of benzene rings is 1. The standard InChI is InChI=1S/C15H18N2O3/c1-18-13-7-11(8-14(19-2)15(13)20-3)12-6-10(9-16)4-5-17-12/h4-8H,9,16H2,1-3H3. The van der Waals surface area contributed by atoms with E-state index in [9.17, 15) is 0 Å². The second kappa shape index (κ2) is 6.25. The van der Waals surface area contributed by atoms with E-state index in [2.05, 4.69) is 4.98 Å². The first-order valence-electron chi connectivity index (χ1n) is 6.18. The van der Waals surface area contributed by atoms with E-state index in [0.29, 0.717) is 23.8 Å². The Bertz CT molecular complexity index is 574. The molecule has 0 unspecified atom stereocenters. The molecule has 1 heterocycles. The van der Waals surface area contributed by atoms with E-state index in [1.807, 2.05) is 24.3 Å². The predicted molar refractivity (Wildman–Crippen MR) is 77.2 cm³/mol. The van der Waals surface area contributed by atoms with Gasteiger partial charge in [-0.3, -0.25) is 4.98 Å². The Morgan fingerprint density at radius 2 is 1.65 bits per heavy atom. The van der Waals surface area contributed by atoms with E-state index in [4.69, 9.17) is 19.9 Å². The Labute approximate surface area is 118 Å². The quantitative estimate of drug-likeness (QED) is 0.905. The monoisotopic (exact) mass is 274 g/mol. The van der Waals surface area contributed by atoms with Crippen molar-refractivity contribution < 1.29 is 14.2 Å². The smallest absolute Gasteiger partial charge is 0.203 e. The van der Waals surface area contributed by atoms with E-state index >= 15 is 0 Å². The van der Waals surface area contributed by atoms with Gasteiger partial charge in [-0.2, -0.15) is 0 Å². The molecule has 0 spiro atoms. The normalized spacial score (nSPS) is 10.2. The minimum Gasteiger partial charge on any atom is -0.493 e.